The second kappa shape index (κ2) is 5.89. The lowest BCUT2D eigenvalue weighted by Gasteiger charge is -2.26. The van der Waals surface area contributed by atoms with Crippen molar-refractivity contribution in [3.8, 4) is 0 Å². The Hall–Kier alpha value is -1.26. The second-order valence-electron chi connectivity index (χ2n) is 5.23. The van der Waals surface area contributed by atoms with Gasteiger partial charge in [0, 0.05) is 18.6 Å². The van der Waals surface area contributed by atoms with Crippen molar-refractivity contribution >= 4 is 12.0 Å². The molecule has 0 aliphatic heterocycles. The zero-order valence-electron chi connectivity index (χ0n) is 10.8. The maximum atomic E-state index is 12.0. The van der Waals surface area contributed by atoms with Crippen molar-refractivity contribution < 1.29 is 14.7 Å². The van der Waals surface area contributed by atoms with Crippen LogP contribution in [-0.4, -0.2) is 40.6 Å². The van der Waals surface area contributed by atoms with Crippen molar-refractivity contribution in [3.63, 3.8) is 0 Å². The number of aliphatic carboxylic acids is 1. The van der Waals surface area contributed by atoms with Crippen LogP contribution < -0.4 is 5.32 Å². The van der Waals surface area contributed by atoms with E-state index in [2.05, 4.69) is 19.2 Å². The topological polar surface area (TPSA) is 69.6 Å². The molecular weight excluding hydrogens is 220 g/mol. The first-order valence-corrected chi connectivity index (χ1v) is 6.19. The summed E-state index contributed by atoms with van der Waals surface area (Å²) in [7, 11) is 0. The summed E-state index contributed by atoms with van der Waals surface area (Å²) < 4.78 is 0. The van der Waals surface area contributed by atoms with Gasteiger partial charge in [-0.25, -0.2) is 4.79 Å². The number of carboxylic acids is 1. The number of urea groups is 1. The Morgan fingerprint density at radius 1 is 1.35 bits per heavy atom. The number of nitrogens with one attached hydrogen (secondary N) is 1. The van der Waals surface area contributed by atoms with Gasteiger partial charge in [-0.2, -0.15) is 0 Å². The van der Waals surface area contributed by atoms with Gasteiger partial charge < -0.3 is 15.3 Å². The molecule has 5 nitrogen and oxygen atoms in total. The molecule has 5 heteroatoms. The summed E-state index contributed by atoms with van der Waals surface area (Å²) in [5.41, 5.74) is 0. The highest BCUT2D eigenvalue weighted by Gasteiger charge is 2.33. The molecule has 1 atom stereocenters. The predicted octanol–water partition coefficient (Wildman–Crippen LogP) is 1.68. The molecule has 2 amide bonds. The van der Waals surface area contributed by atoms with Crippen molar-refractivity contribution in [1.29, 1.82) is 0 Å². The molecule has 1 saturated carbocycles. The van der Waals surface area contributed by atoms with Crippen molar-refractivity contribution in [3.05, 3.63) is 0 Å². The molecule has 1 aliphatic carbocycles. The van der Waals surface area contributed by atoms with E-state index in [0.717, 1.165) is 19.4 Å². The van der Waals surface area contributed by atoms with Gasteiger partial charge in [0.2, 0.25) is 0 Å². The smallest absolute Gasteiger partial charge is 0.317 e. The van der Waals surface area contributed by atoms with E-state index in [1.165, 1.54) is 0 Å². The number of carbonyl (C=O) groups is 2. The average Bonchev–Trinajstić information content (AvgIpc) is 2.94. The molecule has 0 heterocycles. The molecule has 0 bridgehead atoms. The van der Waals surface area contributed by atoms with Gasteiger partial charge in [-0.05, 0) is 25.7 Å². The molecule has 0 aromatic heterocycles. The Morgan fingerprint density at radius 2 is 1.94 bits per heavy atom. The third-order valence-corrected chi connectivity index (χ3v) is 2.66. The minimum absolute atomic E-state index is 0.0358. The Morgan fingerprint density at radius 3 is 2.35 bits per heavy atom. The van der Waals surface area contributed by atoms with Crippen LogP contribution >= 0.6 is 0 Å². The van der Waals surface area contributed by atoms with Gasteiger partial charge in [0.05, 0.1) is 6.42 Å². The molecular formula is C12H22N2O3. The lowest BCUT2D eigenvalue weighted by atomic mass is 10.2. The van der Waals surface area contributed by atoms with Crippen LogP contribution in [0.2, 0.25) is 0 Å². The molecule has 0 spiro atoms. The quantitative estimate of drug-likeness (QED) is 0.744. The second-order valence-corrected chi connectivity index (χ2v) is 5.23. The first-order valence-electron chi connectivity index (χ1n) is 6.19. The maximum absolute atomic E-state index is 12.0. The predicted molar refractivity (Wildman–Crippen MR) is 64.8 cm³/mol. The van der Waals surface area contributed by atoms with Crippen LogP contribution in [0.15, 0.2) is 0 Å². The van der Waals surface area contributed by atoms with Gasteiger partial charge in [-0.15, -0.1) is 0 Å². The van der Waals surface area contributed by atoms with Crippen LogP contribution in [0, 0.1) is 5.92 Å². The summed E-state index contributed by atoms with van der Waals surface area (Å²) in [5, 5.41) is 11.4. The molecule has 0 saturated heterocycles. The number of nitrogens with zero attached hydrogens (tertiary/aromatic N) is 1. The van der Waals surface area contributed by atoms with Crippen LogP contribution in [0.5, 0.6) is 0 Å². The van der Waals surface area contributed by atoms with E-state index >= 15 is 0 Å². The van der Waals surface area contributed by atoms with E-state index in [-0.39, 0.29) is 18.5 Å². The molecule has 0 aromatic rings. The van der Waals surface area contributed by atoms with Crippen LogP contribution in [0.1, 0.15) is 40.0 Å². The molecule has 0 aromatic carbocycles. The fourth-order valence-electron chi connectivity index (χ4n) is 1.78. The van der Waals surface area contributed by atoms with E-state index in [9.17, 15) is 9.59 Å². The monoisotopic (exact) mass is 242 g/mol. The Bertz CT molecular complexity index is 287. The molecule has 98 valence electrons. The molecule has 1 aliphatic rings. The van der Waals surface area contributed by atoms with Gasteiger partial charge in [0.15, 0.2) is 0 Å². The molecule has 1 fully saturated rings. The highest BCUT2D eigenvalue weighted by molar-refractivity contribution is 5.76. The summed E-state index contributed by atoms with van der Waals surface area (Å²) in [6.07, 6.45) is 2.09. The largest absolute Gasteiger partial charge is 0.481 e. The highest BCUT2D eigenvalue weighted by Crippen LogP contribution is 2.27. The van der Waals surface area contributed by atoms with Gasteiger partial charge in [0.25, 0.3) is 0 Å². The van der Waals surface area contributed by atoms with Crippen LogP contribution in [0.3, 0.4) is 0 Å². The fraction of sp³-hybridized carbons (Fsp3) is 0.833. The normalized spacial score (nSPS) is 16.7. The minimum atomic E-state index is -0.889. The number of hydrogen-bond donors (Lipinski definition) is 2. The van der Waals surface area contributed by atoms with Gasteiger partial charge in [-0.1, -0.05) is 13.8 Å². The van der Waals surface area contributed by atoms with Gasteiger partial charge >= 0.3 is 12.0 Å². The number of carbonyl (C=O) groups excluding carboxylic acids is 1. The van der Waals surface area contributed by atoms with Gasteiger partial charge in [-0.3, -0.25) is 4.79 Å². The summed E-state index contributed by atoms with van der Waals surface area (Å²) in [5.74, 6) is -0.462. The Labute approximate surface area is 102 Å². The Kier molecular flexibility index (Phi) is 4.78. The third kappa shape index (κ3) is 5.06. The summed E-state index contributed by atoms with van der Waals surface area (Å²) in [6.45, 7) is 6.59. The number of carboxylic acid groups (broad SMARTS) is 1. The van der Waals surface area contributed by atoms with Crippen molar-refractivity contribution in [1.82, 2.24) is 10.2 Å². The molecule has 0 radical (unpaired) electrons. The van der Waals surface area contributed by atoms with E-state index < -0.39 is 5.97 Å². The van der Waals surface area contributed by atoms with Gasteiger partial charge in [0.1, 0.15) is 0 Å². The lowest BCUT2D eigenvalue weighted by Crippen LogP contribution is -2.46. The fourth-order valence-corrected chi connectivity index (χ4v) is 1.78. The minimum Gasteiger partial charge on any atom is -0.481 e. The summed E-state index contributed by atoms with van der Waals surface area (Å²) in [6, 6.07) is -0.0993. The van der Waals surface area contributed by atoms with E-state index in [1.807, 2.05) is 4.90 Å². The number of rotatable bonds is 6. The van der Waals surface area contributed by atoms with Crippen molar-refractivity contribution in [2.24, 2.45) is 5.92 Å². The van der Waals surface area contributed by atoms with E-state index in [0.29, 0.717) is 12.0 Å². The highest BCUT2D eigenvalue weighted by atomic mass is 16.4. The number of amides is 2. The average molecular weight is 242 g/mol. The summed E-state index contributed by atoms with van der Waals surface area (Å²) in [4.78, 5) is 24.3. The molecule has 1 unspecified atom stereocenters. The maximum Gasteiger partial charge on any atom is 0.317 e. The Balaban J connectivity index is 2.44. The SMILES string of the molecule is CC(C)CN(C(=O)NC(C)CC(=O)O)C1CC1. The van der Waals surface area contributed by atoms with Crippen molar-refractivity contribution in [2.75, 3.05) is 6.54 Å². The zero-order valence-corrected chi connectivity index (χ0v) is 10.8. The molecule has 2 N–H and O–H groups in total. The lowest BCUT2D eigenvalue weighted by molar-refractivity contribution is -0.137. The zero-order chi connectivity index (χ0) is 13.0. The first-order chi connectivity index (χ1) is 7.90. The van der Waals surface area contributed by atoms with E-state index in [1.54, 1.807) is 6.92 Å². The van der Waals surface area contributed by atoms with Crippen LogP contribution in [-0.2, 0) is 4.79 Å². The first kappa shape index (κ1) is 13.8. The third-order valence-electron chi connectivity index (χ3n) is 2.66. The van der Waals surface area contributed by atoms with E-state index in [4.69, 9.17) is 5.11 Å². The van der Waals surface area contributed by atoms with Crippen molar-refractivity contribution in [2.45, 2.75) is 52.1 Å². The summed E-state index contributed by atoms with van der Waals surface area (Å²) >= 11 is 0. The number of hydrogen-bond acceptors (Lipinski definition) is 2. The molecule has 1 rings (SSSR count). The van der Waals surface area contributed by atoms with Crippen LogP contribution in [0.25, 0.3) is 0 Å². The van der Waals surface area contributed by atoms with Crippen LogP contribution in [0.4, 0.5) is 4.79 Å². The molecule has 17 heavy (non-hydrogen) atoms. The standard InChI is InChI=1S/C12H22N2O3/c1-8(2)7-14(10-4-5-10)12(17)13-9(3)6-11(15)16/h8-10H,4-7H2,1-3H3,(H,13,17)(H,15,16).